The van der Waals surface area contributed by atoms with Crippen molar-refractivity contribution in [2.45, 2.75) is 45.2 Å². The summed E-state index contributed by atoms with van der Waals surface area (Å²) >= 11 is 0. The van der Waals surface area contributed by atoms with Gasteiger partial charge in [0, 0.05) is 31.0 Å². The Balaban J connectivity index is 0.00000231. The van der Waals surface area contributed by atoms with Crippen LogP contribution in [0.15, 0.2) is 66.7 Å². The second kappa shape index (κ2) is 8.01. The van der Waals surface area contributed by atoms with Gasteiger partial charge in [0.1, 0.15) is 5.82 Å². The molecule has 4 nitrogen and oxygen atoms in total. The van der Waals surface area contributed by atoms with E-state index in [1.807, 2.05) is 11.0 Å². The molecule has 160 valence electrons. The van der Waals surface area contributed by atoms with Gasteiger partial charge in [-0.05, 0) is 49.2 Å². The maximum atomic E-state index is 12.8. The van der Waals surface area contributed by atoms with Gasteiger partial charge in [-0.2, -0.15) is 0 Å². The number of benzene rings is 3. The molecule has 31 heavy (non-hydrogen) atoms. The summed E-state index contributed by atoms with van der Waals surface area (Å²) < 4.78 is 2.32. The number of hydrogen-bond acceptors (Lipinski definition) is 2. The normalized spacial score (nSPS) is 16.8. The molecule has 1 saturated heterocycles. The van der Waals surface area contributed by atoms with Crippen LogP contribution in [0, 0.1) is 0 Å². The zero-order valence-electron chi connectivity index (χ0n) is 18.2. The fourth-order valence-corrected chi connectivity index (χ4v) is 4.70. The fourth-order valence-electron chi connectivity index (χ4n) is 4.70. The van der Waals surface area contributed by atoms with Crippen LogP contribution in [0.5, 0.6) is 0 Å². The largest absolute Gasteiger partial charge is 1.00 e. The Morgan fingerprint density at radius 2 is 1.68 bits per heavy atom. The number of hydrogen-bond donors (Lipinski definition) is 0. The lowest BCUT2D eigenvalue weighted by Gasteiger charge is -2.32. The summed E-state index contributed by atoms with van der Waals surface area (Å²) in [6, 6.07) is 23.3. The van der Waals surface area contributed by atoms with Gasteiger partial charge >= 0.3 is 0 Å². The minimum Gasteiger partial charge on any atom is -1.00 e. The molecule has 0 radical (unpaired) electrons. The lowest BCUT2D eigenvalue weighted by molar-refractivity contribution is -0.131. The first-order valence-corrected chi connectivity index (χ1v) is 10.6. The van der Waals surface area contributed by atoms with E-state index in [4.69, 9.17) is 4.98 Å². The molecule has 0 saturated carbocycles. The maximum Gasteiger partial charge on any atom is 0.223 e. The molecule has 0 spiro atoms. The van der Waals surface area contributed by atoms with Gasteiger partial charge in [-0.1, -0.05) is 54.6 Å². The van der Waals surface area contributed by atoms with E-state index in [1.165, 1.54) is 16.3 Å². The highest BCUT2D eigenvalue weighted by molar-refractivity contribution is 5.86. The van der Waals surface area contributed by atoms with Crippen molar-refractivity contribution in [2.24, 2.45) is 0 Å². The van der Waals surface area contributed by atoms with Crippen molar-refractivity contribution in [3.8, 4) is 0 Å². The van der Waals surface area contributed by atoms with E-state index in [-0.39, 0.29) is 29.8 Å². The molecule has 5 rings (SSSR count). The van der Waals surface area contributed by atoms with E-state index in [0.717, 1.165) is 29.9 Å². The summed E-state index contributed by atoms with van der Waals surface area (Å²) in [5.41, 5.74) is 3.23. The molecule has 0 bridgehead atoms. The van der Waals surface area contributed by atoms with Crippen LogP contribution in [0.25, 0.3) is 21.8 Å². The first-order valence-electron chi connectivity index (χ1n) is 10.6. The van der Waals surface area contributed by atoms with Crippen LogP contribution in [-0.4, -0.2) is 32.4 Å². The van der Waals surface area contributed by atoms with Crippen molar-refractivity contribution in [3.63, 3.8) is 0 Å². The Kier molecular flexibility index (Phi) is 5.52. The second-order valence-corrected chi connectivity index (χ2v) is 9.26. The summed E-state index contributed by atoms with van der Waals surface area (Å²) in [5.74, 6) is 1.35. The highest BCUT2D eigenvalue weighted by Gasteiger charge is 2.39. The van der Waals surface area contributed by atoms with Crippen LogP contribution < -0.4 is 12.4 Å². The summed E-state index contributed by atoms with van der Waals surface area (Å²) in [6.45, 7) is 7.78. The fraction of sp³-hybridized carbons (Fsp3) is 0.308. The molecule has 1 aliphatic heterocycles. The molecular formula is C26H27ClN3O-. The lowest BCUT2D eigenvalue weighted by Crippen LogP contribution is -3.00. The van der Waals surface area contributed by atoms with Crippen LogP contribution in [0.2, 0.25) is 0 Å². The van der Waals surface area contributed by atoms with Gasteiger partial charge in [0.25, 0.3) is 0 Å². The number of amides is 1. The third-order valence-electron chi connectivity index (χ3n) is 6.19. The Morgan fingerprint density at radius 3 is 2.45 bits per heavy atom. The molecule has 0 aliphatic carbocycles. The van der Waals surface area contributed by atoms with Crippen molar-refractivity contribution in [2.75, 3.05) is 6.54 Å². The molecule has 3 aromatic carbocycles. The Morgan fingerprint density at radius 1 is 0.968 bits per heavy atom. The third-order valence-corrected chi connectivity index (χ3v) is 6.19. The minimum atomic E-state index is -0.168. The smallest absolute Gasteiger partial charge is 0.223 e. The number of imidazole rings is 1. The summed E-state index contributed by atoms with van der Waals surface area (Å²) in [5, 5.41) is 2.51. The van der Waals surface area contributed by atoms with Crippen molar-refractivity contribution >= 4 is 27.7 Å². The number of aromatic nitrogens is 2. The van der Waals surface area contributed by atoms with Crippen molar-refractivity contribution in [3.05, 3.63) is 78.1 Å². The number of halogens is 1. The van der Waals surface area contributed by atoms with E-state index in [1.54, 1.807) is 0 Å². The van der Waals surface area contributed by atoms with Gasteiger partial charge in [-0.25, -0.2) is 4.98 Å². The van der Waals surface area contributed by atoms with Crippen molar-refractivity contribution < 1.29 is 17.2 Å². The van der Waals surface area contributed by atoms with Crippen LogP contribution in [-0.2, 0) is 11.3 Å². The molecule has 1 unspecified atom stereocenters. The predicted molar refractivity (Wildman–Crippen MR) is 122 cm³/mol. The van der Waals surface area contributed by atoms with E-state index >= 15 is 0 Å². The van der Waals surface area contributed by atoms with E-state index in [2.05, 4.69) is 86.0 Å². The Hall–Kier alpha value is -2.85. The standard InChI is InChI=1S/C26H27N3O.ClH/c1-26(2,3)29-17-20(15-24(29)30)25-27-22-13-6-7-14-23(22)28(25)16-19-11-8-10-18-9-4-5-12-21(18)19;/h4-14,20H,15-17H2,1-3H3;1H/p-1. The molecule has 1 atom stereocenters. The molecule has 2 heterocycles. The zero-order chi connectivity index (χ0) is 20.9. The Bertz CT molecular complexity index is 1250. The molecule has 1 aliphatic rings. The average molecular weight is 433 g/mol. The minimum absolute atomic E-state index is 0. The number of likely N-dealkylation sites (tertiary alicyclic amines) is 1. The number of nitrogens with zero attached hydrogens (tertiary/aromatic N) is 3. The number of rotatable bonds is 3. The molecular weight excluding hydrogens is 406 g/mol. The first-order chi connectivity index (χ1) is 14.4. The van der Waals surface area contributed by atoms with Gasteiger partial charge < -0.3 is 21.9 Å². The van der Waals surface area contributed by atoms with Crippen molar-refractivity contribution in [1.29, 1.82) is 0 Å². The number of carbonyl (C=O) groups excluding carboxylic acids is 1. The third kappa shape index (κ3) is 3.81. The highest BCUT2D eigenvalue weighted by Crippen LogP contribution is 2.34. The second-order valence-electron chi connectivity index (χ2n) is 9.26. The van der Waals surface area contributed by atoms with Crippen LogP contribution >= 0.6 is 0 Å². The molecule has 5 heteroatoms. The molecule has 1 aromatic heterocycles. The summed E-state index contributed by atoms with van der Waals surface area (Å²) in [4.78, 5) is 19.8. The zero-order valence-corrected chi connectivity index (χ0v) is 18.9. The van der Waals surface area contributed by atoms with E-state index in [9.17, 15) is 4.79 Å². The average Bonchev–Trinajstić information content (AvgIpc) is 3.29. The van der Waals surface area contributed by atoms with Gasteiger partial charge in [-0.15, -0.1) is 0 Å². The van der Waals surface area contributed by atoms with Crippen LogP contribution in [0.4, 0.5) is 0 Å². The van der Waals surface area contributed by atoms with E-state index < -0.39 is 0 Å². The molecule has 4 aromatic rings. The topological polar surface area (TPSA) is 38.1 Å². The quantitative estimate of drug-likeness (QED) is 0.498. The van der Waals surface area contributed by atoms with E-state index in [0.29, 0.717) is 6.42 Å². The van der Waals surface area contributed by atoms with Gasteiger partial charge in [0.05, 0.1) is 11.0 Å². The Labute approximate surface area is 189 Å². The first kappa shape index (κ1) is 21.4. The molecule has 1 amide bonds. The monoisotopic (exact) mass is 432 g/mol. The van der Waals surface area contributed by atoms with Gasteiger partial charge in [0.15, 0.2) is 0 Å². The van der Waals surface area contributed by atoms with Crippen LogP contribution in [0.3, 0.4) is 0 Å². The van der Waals surface area contributed by atoms with Gasteiger partial charge in [-0.3, -0.25) is 4.79 Å². The highest BCUT2D eigenvalue weighted by atomic mass is 35.5. The molecule has 0 N–H and O–H groups in total. The maximum absolute atomic E-state index is 12.8. The van der Waals surface area contributed by atoms with Crippen molar-refractivity contribution in [1.82, 2.24) is 14.5 Å². The predicted octanol–water partition coefficient (Wildman–Crippen LogP) is 2.36. The van der Waals surface area contributed by atoms with Crippen LogP contribution in [0.1, 0.15) is 44.5 Å². The lowest BCUT2D eigenvalue weighted by atomic mass is 10.0. The summed E-state index contributed by atoms with van der Waals surface area (Å²) in [7, 11) is 0. The number of fused-ring (bicyclic) bond motifs is 2. The van der Waals surface area contributed by atoms with Gasteiger partial charge in [0.2, 0.25) is 5.91 Å². The number of para-hydroxylation sites is 2. The summed E-state index contributed by atoms with van der Waals surface area (Å²) in [6.07, 6.45) is 0.524. The SMILES string of the molecule is CC(C)(C)N1CC(c2nc3ccccc3n2Cc2cccc3ccccc23)CC1=O.[Cl-]. The molecule has 1 fully saturated rings. The number of carbonyl (C=O) groups is 1.